The van der Waals surface area contributed by atoms with Gasteiger partial charge >= 0.3 is 29.6 Å². The molecule has 1 heterocycles. The Hall–Kier alpha value is -2.58. The van der Waals surface area contributed by atoms with E-state index in [1.54, 1.807) is 31.6 Å². The van der Waals surface area contributed by atoms with Crippen molar-refractivity contribution in [3.63, 3.8) is 0 Å². The molecule has 0 saturated carbocycles. The molecule has 0 unspecified atom stereocenters. The van der Waals surface area contributed by atoms with Gasteiger partial charge in [0.15, 0.2) is 0 Å². The standard InChI is InChI=1S/C27H28N2O4S.Na/c1-18-6-4-5-7-21(18)23-16-19(8-10-20-17-28-14-12-25(20)33-2)9-11-22(23)26(30)29-24(27(31)32)13-15-34-3;/h4-12,14,16-17,24H,13,15H2,1-3H3,(H,29,30)(H,31,32);/q;+1/p-1/b10-8+;/t24-;/m0./s1. The predicted octanol–water partition coefficient (Wildman–Crippen LogP) is 0.841. The summed E-state index contributed by atoms with van der Waals surface area (Å²) in [5.74, 6) is -0.423. The van der Waals surface area contributed by atoms with Gasteiger partial charge in [0.1, 0.15) is 5.75 Å². The molecule has 3 rings (SSSR count). The van der Waals surface area contributed by atoms with Crippen LogP contribution in [0.2, 0.25) is 0 Å². The van der Waals surface area contributed by atoms with Crippen molar-refractivity contribution in [3.8, 4) is 16.9 Å². The van der Waals surface area contributed by atoms with Crippen LogP contribution < -0.4 is 44.7 Å². The zero-order valence-electron chi connectivity index (χ0n) is 20.4. The van der Waals surface area contributed by atoms with Crippen LogP contribution >= 0.6 is 11.8 Å². The quantitative estimate of drug-likeness (QED) is 0.417. The molecule has 0 spiro atoms. The molecule has 1 atom stereocenters. The molecular weight excluding hydrogens is 471 g/mol. The van der Waals surface area contributed by atoms with Crippen molar-refractivity contribution >= 4 is 35.8 Å². The first-order valence-electron chi connectivity index (χ1n) is 10.8. The molecule has 176 valence electrons. The van der Waals surface area contributed by atoms with Crippen LogP contribution in [0.4, 0.5) is 0 Å². The molecule has 1 amide bonds. The molecule has 0 aliphatic carbocycles. The maximum atomic E-state index is 13.2. The molecule has 1 N–H and O–H groups in total. The van der Waals surface area contributed by atoms with E-state index in [0.29, 0.717) is 23.5 Å². The van der Waals surface area contributed by atoms with Crippen molar-refractivity contribution in [2.24, 2.45) is 0 Å². The zero-order chi connectivity index (χ0) is 24.5. The number of carbonyl (C=O) groups excluding carboxylic acids is 2. The first kappa shape index (κ1) is 28.7. The number of rotatable bonds is 10. The first-order valence-corrected chi connectivity index (χ1v) is 12.2. The van der Waals surface area contributed by atoms with Crippen molar-refractivity contribution in [3.05, 3.63) is 83.2 Å². The van der Waals surface area contributed by atoms with Crippen LogP contribution in [-0.2, 0) is 4.79 Å². The van der Waals surface area contributed by atoms with Crippen LogP contribution in [0.5, 0.6) is 5.75 Å². The maximum Gasteiger partial charge on any atom is 1.00 e. The summed E-state index contributed by atoms with van der Waals surface area (Å²) in [6.07, 6.45) is 9.38. The van der Waals surface area contributed by atoms with E-state index < -0.39 is 17.9 Å². The van der Waals surface area contributed by atoms with Crippen molar-refractivity contribution in [1.82, 2.24) is 10.3 Å². The van der Waals surface area contributed by atoms with Gasteiger partial charge in [-0.05, 0) is 71.9 Å². The van der Waals surface area contributed by atoms with Gasteiger partial charge in [-0.3, -0.25) is 9.78 Å². The number of benzene rings is 2. The Morgan fingerprint density at radius 2 is 1.91 bits per heavy atom. The monoisotopic (exact) mass is 498 g/mol. The van der Waals surface area contributed by atoms with Gasteiger partial charge in [-0.15, -0.1) is 0 Å². The Bertz CT molecular complexity index is 1200. The number of carboxylic acids is 1. The average Bonchev–Trinajstić information content (AvgIpc) is 2.85. The minimum absolute atomic E-state index is 0. The van der Waals surface area contributed by atoms with E-state index in [1.807, 2.05) is 61.7 Å². The number of aliphatic carboxylic acids is 1. The van der Waals surface area contributed by atoms with Gasteiger partial charge < -0.3 is 20.0 Å². The zero-order valence-corrected chi connectivity index (χ0v) is 23.2. The van der Waals surface area contributed by atoms with Gasteiger partial charge in [-0.25, -0.2) is 0 Å². The number of aromatic nitrogens is 1. The van der Waals surface area contributed by atoms with E-state index in [9.17, 15) is 14.7 Å². The molecule has 35 heavy (non-hydrogen) atoms. The molecule has 0 bridgehead atoms. The Morgan fingerprint density at radius 3 is 2.60 bits per heavy atom. The third-order valence-electron chi connectivity index (χ3n) is 5.41. The Labute approximate surface area is 232 Å². The third kappa shape index (κ3) is 7.70. The van der Waals surface area contributed by atoms with Crippen molar-refractivity contribution in [2.45, 2.75) is 19.4 Å². The molecule has 8 heteroatoms. The van der Waals surface area contributed by atoms with Crippen molar-refractivity contribution in [2.75, 3.05) is 19.1 Å². The second-order valence-electron chi connectivity index (χ2n) is 7.70. The number of pyridine rings is 1. The summed E-state index contributed by atoms with van der Waals surface area (Å²) in [4.78, 5) is 28.8. The van der Waals surface area contributed by atoms with Crippen LogP contribution in [0.25, 0.3) is 23.3 Å². The van der Waals surface area contributed by atoms with Crippen LogP contribution in [0.3, 0.4) is 0 Å². The molecule has 0 aliphatic rings. The number of hydrogen-bond donors (Lipinski definition) is 1. The van der Waals surface area contributed by atoms with Crippen LogP contribution in [0, 0.1) is 6.92 Å². The summed E-state index contributed by atoms with van der Waals surface area (Å²) < 4.78 is 5.38. The van der Waals surface area contributed by atoms with E-state index in [2.05, 4.69) is 10.3 Å². The summed E-state index contributed by atoms with van der Waals surface area (Å²) in [6, 6.07) is 14.0. The number of nitrogens with one attached hydrogen (secondary N) is 1. The average molecular weight is 499 g/mol. The van der Waals surface area contributed by atoms with Gasteiger partial charge in [-0.1, -0.05) is 36.4 Å². The van der Waals surface area contributed by atoms with Crippen LogP contribution in [-0.4, -0.2) is 42.0 Å². The number of methoxy groups -OCH3 is 1. The second-order valence-corrected chi connectivity index (χ2v) is 8.68. The summed E-state index contributed by atoms with van der Waals surface area (Å²) >= 11 is 1.52. The molecule has 0 radical (unpaired) electrons. The number of aryl methyl sites for hydroxylation is 1. The van der Waals surface area contributed by atoms with E-state index in [4.69, 9.17) is 4.74 Å². The number of amides is 1. The second kappa shape index (κ2) is 14.1. The number of carbonyl (C=O) groups is 2. The van der Waals surface area contributed by atoms with Crippen LogP contribution in [0.1, 0.15) is 33.5 Å². The fraction of sp³-hybridized carbons (Fsp3) is 0.222. The number of carboxylic acid groups (broad SMARTS) is 1. The van der Waals surface area contributed by atoms with E-state index in [1.165, 1.54) is 11.8 Å². The minimum Gasteiger partial charge on any atom is -0.548 e. The molecule has 0 fully saturated rings. The van der Waals surface area contributed by atoms with Crippen molar-refractivity contribution < 1.29 is 49.0 Å². The smallest absolute Gasteiger partial charge is 0.548 e. The molecule has 2 aromatic carbocycles. The first-order chi connectivity index (χ1) is 16.4. The summed E-state index contributed by atoms with van der Waals surface area (Å²) in [7, 11) is 1.61. The molecule has 3 aromatic rings. The summed E-state index contributed by atoms with van der Waals surface area (Å²) in [5, 5.41) is 14.2. The third-order valence-corrected chi connectivity index (χ3v) is 6.05. The van der Waals surface area contributed by atoms with E-state index >= 15 is 0 Å². The van der Waals surface area contributed by atoms with Gasteiger partial charge in [0.25, 0.3) is 5.91 Å². The number of nitrogens with zero attached hydrogens (tertiary/aromatic N) is 1. The van der Waals surface area contributed by atoms with Crippen LogP contribution in [0.15, 0.2) is 60.9 Å². The Kier molecular flexibility index (Phi) is 11.5. The molecule has 1 aromatic heterocycles. The number of thioether (sulfide) groups is 1. The minimum atomic E-state index is -1.29. The van der Waals surface area contributed by atoms with E-state index in [0.717, 1.165) is 27.8 Å². The SMILES string of the molecule is COc1ccncc1/C=C/c1ccc(C(=O)N[C@@H](CCSC)C(=O)[O-])c(-c2ccccc2C)c1.[Na+]. The fourth-order valence-electron chi connectivity index (χ4n) is 3.57. The molecule has 0 aliphatic heterocycles. The summed E-state index contributed by atoms with van der Waals surface area (Å²) in [5.41, 5.74) is 4.73. The normalized spacial score (nSPS) is 11.5. The Balaban J connectivity index is 0.00000432. The summed E-state index contributed by atoms with van der Waals surface area (Å²) in [6.45, 7) is 1.97. The van der Waals surface area contributed by atoms with E-state index in [-0.39, 0.29) is 29.6 Å². The van der Waals surface area contributed by atoms with Gasteiger partial charge in [0.05, 0.1) is 19.1 Å². The van der Waals surface area contributed by atoms with Gasteiger partial charge in [0, 0.05) is 23.5 Å². The topological polar surface area (TPSA) is 91.3 Å². The Morgan fingerprint density at radius 1 is 1.14 bits per heavy atom. The molecular formula is C27H27N2NaO4S. The molecule has 0 saturated heterocycles. The molecule has 6 nitrogen and oxygen atoms in total. The number of hydrogen-bond acceptors (Lipinski definition) is 6. The van der Waals surface area contributed by atoms with Gasteiger partial charge in [0.2, 0.25) is 0 Å². The van der Waals surface area contributed by atoms with Gasteiger partial charge in [-0.2, -0.15) is 11.8 Å². The largest absolute Gasteiger partial charge is 1.00 e. The predicted molar refractivity (Wildman–Crippen MR) is 136 cm³/mol. The van der Waals surface area contributed by atoms with Crippen molar-refractivity contribution in [1.29, 1.82) is 0 Å². The number of ether oxygens (including phenoxy) is 1. The maximum absolute atomic E-state index is 13.2. The fourth-order valence-corrected chi connectivity index (χ4v) is 4.04.